The van der Waals surface area contributed by atoms with E-state index in [4.69, 9.17) is 11.5 Å². The number of aldehydes is 1. The Hall–Kier alpha value is -4.77. The van der Waals surface area contributed by atoms with Crippen LogP contribution in [0.1, 0.15) is 114 Å². The minimum atomic E-state index is -1.07. The van der Waals surface area contributed by atoms with E-state index >= 15 is 0 Å². The van der Waals surface area contributed by atoms with Gasteiger partial charge < -0.3 is 53.5 Å². The molecule has 0 aliphatic carbocycles. The highest BCUT2D eigenvalue weighted by Gasteiger charge is 2.33. The van der Waals surface area contributed by atoms with Crippen molar-refractivity contribution in [3.63, 3.8) is 0 Å². The fourth-order valence-electron chi connectivity index (χ4n) is 5.56. The zero-order chi connectivity index (χ0) is 42.2. The summed E-state index contributed by atoms with van der Waals surface area (Å²) >= 11 is 0. The Morgan fingerprint density at radius 1 is 0.545 bits per heavy atom. The summed E-state index contributed by atoms with van der Waals surface area (Å²) in [5.74, 6) is -3.81. The van der Waals surface area contributed by atoms with Gasteiger partial charge in [0.2, 0.25) is 41.4 Å². The van der Waals surface area contributed by atoms with Crippen LogP contribution in [0.4, 0.5) is 0 Å². The number of hydrogen-bond acceptors (Lipinski definition) is 9. The first-order valence-electron chi connectivity index (χ1n) is 19.2. The molecule has 314 valence electrons. The number of aliphatic imine (C=N–C) groups is 1. The Morgan fingerprint density at radius 2 is 1.00 bits per heavy atom. The number of carbonyl (C=O) groups is 8. The molecule has 6 atom stereocenters. The molecule has 18 heteroatoms. The average molecular weight is 781 g/mol. The second kappa shape index (κ2) is 26.9. The molecule has 0 unspecified atom stereocenters. The zero-order valence-corrected chi connectivity index (χ0v) is 34.2. The van der Waals surface area contributed by atoms with E-state index in [1.807, 2.05) is 41.5 Å². The second-order valence-corrected chi connectivity index (χ2v) is 15.2. The van der Waals surface area contributed by atoms with Crippen LogP contribution in [0.5, 0.6) is 0 Å². The largest absolute Gasteiger partial charge is 0.370 e. The van der Waals surface area contributed by atoms with Gasteiger partial charge in [-0.05, 0) is 76.0 Å². The molecule has 0 bridgehead atoms. The van der Waals surface area contributed by atoms with Crippen LogP contribution in [0.25, 0.3) is 0 Å². The number of rotatable bonds is 27. The maximum absolute atomic E-state index is 13.8. The van der Waals surface area contributed by atoms with E-state index < -0.39 is 71.7 Å². The Kier molecular flexibility index (Phi) is 24.6. The number of nitrogens with zero attached hydrogens (tertiary/aromatic N) is 1. The third kappa shape index (κ3) is 23.6. The van der Waals surface area contributed by atoms with Crippen LogP contribution in [0.15, 0.2) is 4.99 Å². The highest BCUT2D eigenvalue weighted by molar-refractivity contribution is 5.96. The standard InChI is InChI=1S/C37H68N10O8/c1-21(2)17-29(34(53)42-24(7)32(51)44-27(20-48)13-12-16-41-37(38)39)46-36(55)31(19-23(5)6)47-35(54)30(18-22(3)4)45-33(52)28(43-26(9)50)14-10-11-15-40-25(8)49/h20-24,27-31H,10-19H2,1-9H3,(H,40,49)(H,42,53)(H,43,50)(H,44,51)(H,45,52)(H,46,55)(H,47,54)(H4,38,39,41)/t24-,27-,28-,29-,30-,31-/m0/s1. The van der Waals surface area contributed by atoms with Gasteiger partial charge in [-0.2, -0.15) is 0 Å². The fourth-order valence-corrected chi connectivity index (χ4v) is 5.56. The van der Waals surface area contributed by atoms with E-state index in [-0.39, 0.29) is 68.3 Å². The quantitative estimate of drug-likeness (QED) is 0.0226. The Bertz CT molecular complexity index is 1300. The molecule has 18 nitrogen and oxygen atoms in total. The Balaban J connectivity index is 5.88. The van der Waals surface area contributed by atoms with Crippen LogP contribution < -0.4 is 48.7 Å². The predicted molar refractivity (Wildman–Crippen MR) is 210 cm³/mol. The van der Waals surface area contributed by atoms with Gasteiger partial charge >= 0.3 is 0 Å². The summed E-state index contributed by atoms with van der Waals surface area (Å²) in [6.45, 7) is 16.1. The highest BCUT2D eigenvalue weighted by atomic mass is 16.2. The summed E-state index contributed by atoms with van der Waals surface area (Å²) in [5, 5.41) is 18.8. The molecule has 0 aliphatic heterocycles. The molecular weight excluding hydrogens is 712 g/mol. The maximum atomic E-state index is 13.8. The number of carbonyl (C=O) groups excluding carboxylic acids is 8. The normalized spacial score (nSPS) is 14.3. The molecule has 0 aromatic heterocycles. The predicted octanol–water partition coefficient (Wildman–Crippen LogP) is -0.368. The van der Waals surface area contributed by atoms with E-state index in [2.05, 4.69) is 42.2 Å². The van der Waals surface area contributed by atoms with Gasteiger partial charge in [-0.1, -0.05) is 41.5 Å². The lowest BCUT2D eigenvalue weighted by Gasteiger charge is -2.28. The van der Waals surface area contributed by atoms with Crippen molar-refractivity contribution in [2.45, 2.75) is 150 Å². The van der Waals surface area contributed by atoms with E-state index in [1.54, 1.807) is 0 Å². The van der Waals surface area contributed by atoms with Crippen molar-refractivity contribution in [1.82, 2.24) is 37.2 Å². The third-order valence-corrected chi connectivity index (χ3v) is 8.22. The van der Waals surface area contributed by atoms with E-state index in [1.165, 1.54) is 20.8 Å². The van der Waals surface area contributed by atoms with Gasteiger partial charge in [-0.3, -0.25) is 38.6 Å². The molecule has 0 radical (unpaired) electrons. The van der Waals surface area contributed by atoms with Crippen molar-refractivity contribution in [1.29, 1.82) is 0 Å². The van der Waals surface area contributed by atoms with Gasteiger partial charge in [-0.15, -0.1) is 0 Å². The van der Waals surface area contributed by atoms with Crippen LogP contribution >= 0.6 is 0 Å². The number of amides is 7. The van der Waals surface area contributed by atoms with Crippen molar-refractivity contribution in [3.8, 4) is 0 Å². The molecular formula is C37H68N10O8. The lowest BCUT2D eigenvalue weighted by atomic mass is 9.98. The van der Waals surface area contributed by atoms with Crippen molar-refractivity contribution < 1.29 is 38.4 Å². The van der Waals surface area contributed by atoms with Gasteiger partial charge in [0.15, 0.2) is 5.96 Å². The van der Waals surface area contributed by atoms with Crippen LogP contribution in [0, 0.1) is 17.8 Å². The average Bonchev–Trinajstić information content (AvgIpc) is 3.06. The molecule has 0 rings (SSSR count). The maximum Gasteiger partial charge on any atom is 0.243 e. The van der Waals surface area contributed by atoms with Crippen LogP contribution in [0.2, 0.25) is 0 Å². The molecule has 0 aliphatic rings. The first-order valence-corrected chi connectivity index (χ1v) is 19.2. The Morgan fingerprint density at radius 3 is 1.40 bits per heavy atom. The smallest absolute Gasteiger partial charge is 0.243 e. The number of nitrogens with one attached hydrogen (secondary N) is 7. The summed E-state index contributed by atoms with van der Waals surface area (Å²) in [6, 6.07) is -5.98. The monoisotopic (exact) mass is 781 g/mol. The third-order valence-electron chi connectivity index (χ3n) is 8.22. The number of guanidine groups is 1. The molecule has 11 N–H and O–H groups in total. The summed E-state index contributed by atoms with van der Waals surface area (Å²) in [5.41, 5.74) is 10.6. The first kappa shape index (κ1) is 50.2. The van der Waals surface area contributed by atoms with Gasteiger partial charge in [0, 0.05) is 26.9 Å². The van der Waals surface area contributed by atoms with Gasteiger partial charge in [0.05, 0.1) is 6.04 Å². The van der Waals surface area contributed by atoms with Crippen molar-refractivity contribution in [3.05, 3.63) is 0 Å². The molecule has 0 saturated carbocycles. The molecule has 0 spiro atoms. The summed E-state index contributed by atoms with van der Waals surface area (Å²) in [4.78, 5) is 106. The van der Waals surface area contributed by atoms with Crippen LogP contribution in [-0.4, -0.2) is 103 Å². The number of unbranched alkanes of at least 4 members (excludes halogenated alkanes) is 1. The lowest BCUT2D eigenvalue weighted by Crippen LogP contribution is -2.59. The summed E-state index contributed by atoms with van der Waals surface area (Å²) in [7, 11) is 0. The van der Waals surface area contributed by atoms with Crippen molar-refractivity contribution in [2.24, 2.45) is 34.2 Å². The van der Waals surface area contributed by atoms with Crippen LogP contribution in [0.3, 0.4) is 0 Å². The second-order valence-electron chi connectivity index (χ2n) is 15.2. The topological polar surface area (TPSA) is 285 Å². The molecule has 0 saturated heterocycles. The van der Waals surface area contributed by atoms with Gasteiger partial charge in [-0.25, -0.2) is 0 Å². The number of hydrogen-bond donors (Lipinski definition) is 9. The van der Waals surface area contributed by atoms with Crippen LogP contribution in [-0.2, 0) is 38.4 Å². The van der Waals surface area contributed by atoms with E-state index in [0.717, 1.165) is 0 Å². The highest BCUT2D eigenvalue weighted by Crippen LogP contribution is 2.12. The lowest BCUT2D eigenvalue weighted by molar-refractivity contribution is -0.135. The summed E-state index contributed by atoms with van der Waals surface area (Å²) in [6.07, 6.45) is 3.35. The molecule has 0 aromatic carbocycles. The summed E-state index contributed by atoms with van der Waals surface area (Å²) < 4.78 is 0. The molecule has 55 heavy (non-hydrogen) atoms. The molecule has 0 aromatic rings. The van der Waals surface area contributed by atoms with Crippen molar-refractivity contribution in [2.75, 3.05) is 13.1 Å². The van der Waals surface area contributed by atoms with Gasteiger partial charge in [0.25, 0.3) is 0 Å². The first-order chi connectivity index (χ1) is 25.7. The fraction of sp³-hybridized carbons (Fsp3) is 0.757. The molecule has 7 amide bonds. The Labute approximate surface area is 326 Å². The van der Waals surface area contributed by atoms with Crippen molar-refractivity contribution >= 4 is 53.6 Å². The molecule has 0 heterocycles. The molecule has 0 fully saturated rings. The minimum Gasteiger partial charge on any atom is -0.370 e. The minimum absolute atomic E-state index is 0.0323. The SMILES string of the molecule is CC(=O)NCCCC[C@H](NC(C)=O)C(=O)N[C@@H](CC(C)C)C(=O)N[C@@H](CC(C)C)C(=O)N[C@@H](CC(C)C)C(=O)N[C@@H](C)C(=O)N[C@H](C=O)CCCN=C(N)N. The van der Waals surface area contributed by atoms with E-state index in [0.29, 0.717) is 32.1 Å². The zero-order valence-electron chi connectivity index (χ0n) is 34.2. The number of nitrogens with two attached hydrogens (primary N) is 2. The van der Waals surface area contributed by atoms with E-state index in [9.17, 15) is 38.4 Å². The van der Waals surface area contributed by atoms with Gasteiger partial charge in [0.1, 0.15) is 36.5 Å².